The number of hydrogen-bond donors (Lipinski definition) is 0. The summed E-state index contributed by atoms with van der Waals surface area (Å²) in [6, 6.07) is 0. The highest BCUT2D eigenvalue weighted by molar-refractivity contribution is 5.08. The summed E-state index contributed by atoms with van der Waals surface area (Å²) in [5.74, 6) is 1.92. The summed E-state index contributed by atoms with van der Waals surface area (Å²) in [7, 11) is 0. The first-order chi connectivity index (χ1) is 5.92. The maximum absolute atomic E-state index is 5.76. The van der Waals surface area contributed by atoms with Crippen molar-refractivity contribution in [1.29, 1.82) is 0 Å². The first-order valence-electron chi connectivity index (χ1n) is 5.56. The molecule has 1 heteroatoms. The SMILES string of the molecule is C1CCC(C2(C3CC3)CO2)CC1. The van der Waals surface area contributed by atoms with E-state index in [1.165, 1.54) is 44.9 Å². The maximum Gasteiger partial charge on any atom is 0.0972 e. The summed E-state index contributed by atoms with van der Waals surface area (Å²) in [5, 5.41) is 0. The molecular formula is C11H18O. The van der Waals surface area contributed by atoms with Gasteiger partial charge < -0.3 is 4.74 Å². The summed E-state index contributed by atoms with van der Waals surface area (Å²) in [6.45, 7) is 1.10. The van der Waals surface area contributed by atoms with E-state index in [1.54, 1.807) is 0 Å². The number of rotatable bonds is 2. The van der Waals surface area contributed by atoms with Gasteiger partial charge in [0.1, 0.15) is 0 Å². The Labute approximate surface area is 74.5 Å². The van der Waals surface area contributed by atoms with Crippen LogP contribution in [0.3, 0.4) is 0 Å². The largest absolute Gasteiger partial charge is 0.369 e. The van der Waals surface area contributed by atoms with Gasteiger partial charge in [-0.05, 0) is 37.5 Å². The van der Waals surface area contributed by atoms with Crippen molar-refractivity contribution in [3.05, 3.63) is 0 Å². The van der Waals surface area contributed by atoms with Gasteiger partial charge in [-0.1, -0.05) is 19.3 Å². The fraction of sp³-hybridized carbons (Fsp3) is 1.00. The van der Waals surface area contributed by atoms with Crippen LogP contribution < -0.4 is 0 Å². The summed E-state index contributed by atoms with van der Waals surface area (Å²) in [4.78, 5) is 0. The zero-order valence-corrected chi connectivity index (χ0v) is 7.72. The van der Waals surface area contributed by atoms with Gasteiger partial charge in [0.05, 0.1) is 12.2 Å². The Morgan fingerprint density at radius 3 is 1.92 bits per heavy atom. The average molecular weight is 166 g/mol. The molecule has 0 aromatic carbocycles. The third kappa shape index (κ3) is 1.02. The van der Waals surface area contributed by atoms with Crippen LogP contribution in [0.25, 0.3) is 0 Å². The van der Waals surface area contributed by atoms with Crippen molar-refractivity contribution in [3.8, 4) is 0 Å². The fourth-order valence-corrected chi connectivity index (χ4v) is 3.05. The highest BCUT2D eigenvalue weighted by atomic mass is 16.6. The molecule has 1 aliphatic heterocycles. The van der Waals surface area contributed by atoms with Gasteiger partial charge in [0, 0.05) is 0 Å². The van der Waals surface area contributed by atoms with Gasteiger partial charge in [-0.3, -0.25) is 0 Å². The first-order valence-corrected chi connectivity index (χ1v) is 5.56. The van der Waals surface area contributed by atoms with E-state index >= 15 is 0 Å². The molecule has 68 valence electrons. The molecule has 3 fully saturated rings. The second-order valence-electron chi connectivity index (χ2n) is 4.85. The molecule has 0 bridgehead atoms. The topological polar surface area (TPSA) is 12.5 Å². The standard InChI is InChI=1S/C11H18O/c1-2-4-9(5-3-1)11(8-12-11)10-6-7-10/h9-10H,1-8H2. The minimum Gasteiger partial charge on any atom is -0.369 e. The molecule has 2 aliphatic carbocycles. The monoisotopic (exact) mass is 166 g/mol. The normalized spacial score (nSPS) is 43.0. The Bertz CT molecular complexity index is 173. The van der Waals surface area contributed by atoms with Gasteiger partial charge in [0.25, 0.3) is 0 Å². The minimum absolute atomic E-state index is 0.431. The third-order valence-corrected chi connectivity index (χ3v) is 4.04. The molecule has 0 aromatic rings. The minimum atomic E-state index is 0.431. The Morgan fingerprint density at radius 1 is 0.833 bits per heavy atom. The van der Waals surface area contributed by atoms with E-state index < -0.39 is 0 Å². The molecule has 1 heterocycles. The summed E-state index contributed by atoms with van der Waals surface area (Å²) in [5.41, 5.74) is 0.431. The Hall–Kier alpha value is -0.0400. The van der Waals surface area contributed by atoms with E-state index in [9.17, 15) is 0 Å². The van der Waals surface area contributed by atoms with Crippen LogP contribution in [0.4, 0.5) is 0 Å². The molecule has 2 saturated carbocycles. The van der Waals surface area contributed by atoms with Crippen molar-refractivity contribution < 1.29 is 4.74 Å². The average Bonchev–Trinajstić information content (AvgIpc) is 2.99. The van der Waals surface area contributed by atoms with Crippen molar-refractivity contribution >= 4 is 0 Å². The lowest BCUT2D eigenvalue weighted by Crippen LogP contribution is -2.28. The van der Waals surface area contributed by atoms with E-state index in [1.807, 2.05) is 0 Å². The van der Waals surface area contributed by atoms with Crippen LogP contribution in [0.1, 0.15) is 44.9 Å². The Balaban J connectivity index is 1.69. The smallest absolute Gasteiger partial charge is 0.0972 e. The van der Waals surface area contributed by atoms with Gasteiger partial charge in [0.2, 0.25) is 0 Å². The molecule has 1 nitrogen and oxygen atoms in total. The zero-order valence-electron chi connectivity index (χ0n) is 7.72. The van der Waals surface area contributed by atoms with Crippen LogP contribution in [-0.2, 0) is 4.74 Å². The predicted molar refractivity (Wildman–Crippen MR) is 48.0 cm³/mol. The van der Waals surface area contributed by atoms with Crippen molar-refractivity contribution in [2.45, 2.75) is 50.5 Å². The molecule has 0 N–H and O–H groups in total. The van der Waals surface area contributed by atoms with Gasteiger partial charge in [-0.25, -0.2) is 0 Å². The molecular weight excluding hydrogens is 148 g/mol. The Kier molecular flexibility index (Phi) is 1.52. The molecule has 0 radical (unpaired) electrons. The number of epoxide rings is 1. The lowest BCUT2D eigenvalue weighted by atomic mass is 9.78. The van der Waals surface area contributed by atoms with Gasteiger partial charge in [-0.15, -0.1) is 0 Å². The molecule has 3 aliphatic rings. The maximum atomic E-state index is 5.76. The molecule has 0 aromatic heterocycles. The van der Waals surface area contributed by atoms with Crippen LogP contribution >= 0.6 is 0 Å². The summed E-state index contributed by atoms with van der Waals surface area (Å²) >= 11 is 0. The van der Waals surface area contributed by atoms with E-state index in [-0.39, 0.29) is 0 Å². The van der Waals surface area contributed by atoms with E-state index in [2.05, 4.69) is 0 Å². The van der Waals surface area contributed by atoms with Crippen molar-refractivity contribution in [3.63, 3.8) is 0 Å². The predicted octanol–water partition coefficient (Wildman–Crippen LogP) is 2.75. The van der Waals surface area contributed by atoms with E-state index in [4.69, 9.17) is 4.74 Å². The van der Waals surface area contributed by atoms with Crippen molar-refractivity contribution in [1.82, 2.24) is 0 Å². The van der Waals surface area contributed by atoms with Gasteiger partial charge in [-0.2, -0.15) is 0 Å². The van der Waals surface area contributed by atoms with E-state index in [0.717, 1.165) is 18.4 Å². The lowest BCUT2D eigenvalue weighted by molar-refractivity contribution is 0.152. The molecule has 0 spiro atoms. The van der Waals surface area contributed by atoms with Crippen molar-refractivity contribution in [2.24, 2.45) is 11.8 Å². The van der Waals surface area contributed by atoms with Gasteiger partial charge >= 0.3 is 0 Å². The zero-order chi connectivity index (χ0) is 8.02. The molecule has 1 saturated heterocycles. The van der Waals surface area contributed by atoms with E-state index in [0.29, 0.717) is 5.60 Å². The molecule has 1 unspecified atom stereocenters. The van der Waals surface area contributed by atoms with Crippen LogP contribution in [0, 0.1) is 11.8 Å². The van der Waals surface area contributed by atoms with Crippen molar-refractivity contribution in [2.75, 3.05) is 6.61 Å². The van der Waals surface area contributed by atoms with Crippen LogP contribution in [0.5, 0.6) is 0 Å². The van der Waals surface area contributed by atoms with Gasteiger partial charge in [0.15, 0.2) is 0 Å². The highest BCUT2D eigenvalue weighted by Crippen LogP contribution is 2.56. The van der Waals surface area contributed by atoms with Crippen LogP contribution in [0.15, 0.2) is 0 Å². The van der Waals surface area contributed by atoms with Crippen LogP contribution in [0.2, 0.25) is 0 Å². The Morgan fingerprint density at radius 2 is 1.42 bits per heavy atom. The quantitative estimate of drug-likeness (QED) is 0.575. The second-order valence-corrected chi connectivity index (χ2v) is 4.85. The molecule has 12 heavy (non-hydrogen) atoms. The first kappa shape index (κ1) is 7.37. The second kappa shape index (κ2) is 2.47. The molecule has 0 amide bonds. The molecule has 1 atom stereocenters. The number of ether oxygens (including phenoxy) is 1. The third-order valence-electron chi connectivity index (χ3n) is 4.04. The fourth-order valence-electron chi connectivity index (χ4n) is 3.05. The summed E-state index contributed by atoms with van der Waals surface area (Å²) in [6.07, 6.45) is 10.2. The molecule has 3 rings (SSSR count). The summed E-state index contributed by atoms with van der Waals surface area (Å²) < 4.78 is 5.76. The van der Waals surface area contributed by atoms with Crippen LogP contribution in [-0.4, -0.2) is 12.2 Å². The lowest BCUT2D eigenvalue weighted by Gasteiger charge is -2.27. The highest BCUT2D eigenvalue weighted by Gasteiger charge is 2.60. The number of hydrogen-bond acceptors (Lipinski definition) is 1.